The smallest absolute Gasteiger partial charge is 0.251 e. The molecule has 0 saturated heterocycles. The predicted molar refractivity (Wildman–Crippen MR) is 60.6 cm³/mol. The van der Waals surface area contributed by atoms with E-state index in [0.29, 0.717) is 12.1 Å². The van der Waals surface area contributed by atoms with Crippen molar-refractivity contribution in [2.45, 2.75) is 6.42 Å². The zero-order valence-electron chi connectivity index (χ0n) is 8.74. The first-order valence-corrected chi connectivity index (χ1v) is 5.15. The molecule has 0 atom stereocenters. The molecule has 1 amide bonds. The normalized spacial score (nSPS) is 13.7. The summed E-state index contributed by atoms with van der Waals surface area (Å²) in [5.74, 6) is -0.515. The Morgan fingerprint density at radius 2 is 2.06 bits per heavy atom. The summed E-state index contributed by atoms with van der Waals surface area (Å²) in [6.07, 6.45) is 7.02. The molecule has 1 aliphatic carbocycles. The van der Waals surface area contributed by atoms with E-state index in [1.54, 1.807) is 0 Å². The van der Waals surface area contributed by atoms with Crippen LogP contribution >= 0.6 is 0 Å². The van der Waals surface area contributed by atoms with Crippen LogP contribution in [0.15, 0.2) is 48.1 Å². The molecule has 0 radical (unpaired) electrons. The van der Waals surface area contributed by atoms with Gasteiger partial charge in [0.2, 0.25) is 0 Å². The van der Waals surface area contributed by atoms with Crippen molar-refractivity contribution in [1.82, 2.24) is 5.32 Å². The van der Waals surface area contributed by atoms with Crippen LogP contribution in [0, 0.1) is 5.82 Å². The van der Waals surface area contributed by atoms with E-state index < -0.39 is 0 Å². The van der Waals surface area contributed by atoms with Crippen molar-refractivity contribution < 1.29 is 9.18 Å². The Bertz CT molecular complexity index is 446. The number of hydrogen-bond donors (Lipinski definition) is 1. The highest BCUT2D eigenvalue weighted by molar-refractivity contribution is 5.94. The summed E-state index contributed by atoms with van der Waals surface area (Å²) in [7, 11) is 0. The fourth-order valence-electron chi connectivity index (χ4n) is 1.52. The second-order valence-electron chi connectivity index (χ2n) is 3.61. The molecule has 0 aliphatic heterocycles. The van der Waals surface area contributed by atoms with Gasteiger partial charge in [-0.05, 0) is 36.3 Å². The second kappa shape index (κ2) is 4.75. The minimum absolute atomic E-state index is 0.179. The molecular weight excluding hydrogens is 205 g/mol. The zero-order valence-corrected chi connectivity index (χ0v) is 8.74. The van der Waals surface area contributed by atoms with Crippen LogP contribution in [0.3, 0.4) is 0 Å². The summed E-state index contributed by atoms with van der Waals surface area (Å²) >= 11 is 0. The number of hydrogen-bond acceptors (Lipinski definition) is 1. The molecule has 16 heavy (non-hydrogen) atoms. The van der Waals surface area contributed by atoms with E-state index >= 15 is 0 Å². The van der Waals surface area contributed by atoms with Gasteiger partial charge in [0.1, 0.15) is 5.82 Å². The fraction of sp³-hybridized carbons (Fsp3) is 0.154. The van der Waals surface area contributed by atoms with E-state index in [1.165, 1.54) is 24.3 Å². The topological polar surface area (TPSA) is 29.1 Å². The van der Waals surface area contributed by atoms with Gasteiger partial charge in [-0.25, -0.2) is 4.39 Å². The summed E-state index contributed by atoms with van der Waals surface area (Å²) in [4.78, 5) is 11.6. The zero-order chi connectivity index (χ0) is 11.4. The molecule has 2 rings (SSSR count). The van der Waals surface area contributed by atoms with Gasteiger partial charge < -0.3 is 5.32 Å². The molecule has 0 aromatic heterocycles. The number of carbonyl (C=O) groups is 1. The number of nitrogens with one attached hydrogen (secondary N) is 1. The van der Waals surface area contributed by atoms with Gasteiger partial charge in [0.25, 0.3) is 5.91 Å². The molecular formula is C13H12FNO. The largest absolute Gasteiger partial charge is 0.348 e. The highest BCUT2D eigenvalue weighted by Gasteiger charge is 2.05. The molecule has 0 heterocycles. The van der Waals surface area contributed by atoms with E-state index in [9.17, 15) is 9.18 Å². The lowest BCUT2D eigenvalue weighted by Gasteiger charge is -2.04. The van der Waals surface area contributed by atoms with Crippen LogP contribution in [-0.4, -0.2) is 12.5 Å². The van der Waals surface area contributed by atoms with Gasteiger partial charge in [-0.1, -0.05) is 18.2 Å². The summed E-state index contributed by atoms with van der Waals surface area (Å²) in [6, 6.07) is 5.51. The molecule has 1 N–H and O–H groups in total. The number of amides is 1. The maximum absolute atomic E-state index is 12.6. The Morgan fingerprint density at radius 1 is 1.31 bits per heavy atom. The molecule has 1 aromatic rings. The van der Waals surface area contributed by atoms with Gasteiger partial charge in [0, 0.05) is 12.1 Å². The third-order valence-electron chi connectivity index (χ3n) is 2.41. The van der Waals surface area contributed by atoms with Gasteiger partial charge in [0.15, 0.2) is 0 Å². The lowest BCUT2D eigenvalue weighted by molar-refractivity contribution is 0.0957. The quantitative estimate of drug-likeness (QED) is 0.827. The minimum atomic E-state index is -0.335. The van der Waals surface area contributed by atoms with E-state index in [1.807, 2.05) is 12.2 Å². The maximum atomic E-state index is 12.6. The Labute approximate surface area is 93.5 Å². The average molecular weight is 217 g/mol. The van der Waals surface area contributed by atoms with Crippen molar-refractivity contribution in [3.63, 3.8) is 0 Å². The predicted octanol–water partition coefficient (Wildman–Crippen LogP) is 2.44. The van der Waals surface area contributed by atoms with Crippen LogP contribution in [0.4, 0.5) is 4.39 Å². The van der Waals surface area contributed by atoms with Crippen molar-refractivity contribution >= 4 is 5.91 Å². The van der Waals surface area contributed by atoms with Crippen molar-refractivity contribution in [2.75, 3.05) is 6.54 Å². The molecule has 2 nitrogen and oxygen atoms in total. The van der Waals surface area contributed by atoms with Gasteiger partial charge in [-0.15, -0.1) is 0 Å². The molecule has 1 aromatic carbocycles. The standard InChI is InChI=1S/C13H12FNO/c14-12-7-5-11(6-8-12)13(16)15-9-10-3-1-2-4-10/h1,3-8H,2,9H2,(H,15,16). The summed E-state index contributed by atoms with van der Waals surface area (Å²) in [6.45, 7) is 0.521. The lowest BCUT2D eigenvalue weighted by Crippen LogP contribution is -2.24. The van der Waals surface area contributed by atoms with E-state index in [0.717, 1.165) is 12.0 Å². The van der Waals surface area contributed by atoms with Crippen LogP contribution in [0.5, 0.6) is 0 Å². The number of benzene rings is 1. The van der Waals surface area contributed by atoms with Crippen LogP contribution in [0.25, 0.3) is 0 Å². The first-order chi connectivity index (χ1) is 7.75. The van der Waals surface area contributed by atoms with Gasteiger partial charge in [0.05, 0.1) is 0 Å². The van der Waals surface area contributed by atoms with Crippen LogP contribution < -0.4 is 5.32 Å². The molecule has 0 saturated carbocycles. The van der Waals surface area contributed by atoms with Crippen molar-refractivity contribution in [3.05, 3.63) is 59.4 Å². The summed E-state index contributed by atoms with van der Waals surface area (Å²) in [5.41, 5.74) is 1.58. The van der Waals surface area contributed by atoms with Crippen LogP contribution in [0.1, 0.15) is 16.8 Å². The highest BCUT2D eigenvalue weighted by atomic mass is 19.1. The van der Waals surface area contributed by atoms with E-state index in [2.05, 4.69) is 11.4 Å². The summed E-state index contributed by atoms with van der Waals surface area (Å²) < 4.78 is 12.6. The van der Waals surface area contributed by atoms with E-state index in [4.69, 9.17) is 0 Å². The molecule has 0 bridgehead atoms. The Kier molecular flexibility index (Phi) is 3.15. The van der Waals surface area contributed by atoms with Gasteiger partial charge >= 0.3 is 0 Å². The third kappa shape index (κ3) is 2.57. The van der Waals surface area contributed by atoms with Gasteiger partial charge in [-0.2, -0.15) is 0 Å². The molecule has 0 spiro atoms. The highest BCUT2D eigenvalue weighted by Crippen LogP contribution is 2.08. The SMILES string of the molecule is O=C(NCC1=CCC=C1)c1ccc(F)cc1. The first kappa shape index (κ1) is 10.6. The van der Waals surface area contributed by atoms with E-state index in [-0.39, 0.29) is 11.7 Å². The van der Waals surface area contributed by atoms with Crippen molar-refractivity contribution in [1.29, 1.82) is 0 Å². The molecule has 1 aliphatic rings. The number of halogens is 1. The number of rotatable bonds is 3. The van der Waals surface area contributed by atoms with Crippen molar-refractivity contribution in [3.8, 4) is 0 Å². The maximum Gasteiger partial charge on any atom is 0.251 e. The van der Waals surface area contributed by atoms with Crippen LogP contribution in [-0.2, 0) is 0 Å². The number of carbonyl (C=O) groups excluding carboxylic acids is 1. The fourth-order valence-corrected chi connectivity index (χ4v) is 1.52. The molecule has 3 heteroatoms. The van der Waals surface area contributed by atoms with Crippen molar-refractivity contribution in [2.24, 2.45) is 0 Å². The number of allylic oxidation sites excluding steroid dienone is 2. The van der Waals surface area contributed by atoms with Gasteiger partial charge in [-0.3, -0.25) is 4.79 Å². The monoisotopic (exact) mass is 217 g/mol. The molecule has 82 valence electrons. The average Bonchev–Trinajstić information content (AvgIpc) is 2.80. The Morgan fingerprint density at radius 3 is 2.69 bits per heavy atom. The lowest BCUT2D eigenvalue weighted by atomic mass is 10.2. The minimum Gasteiger partial charge on any atom is -0.348 e. The molecule has 0 unspecified atom stereocenters. The molecule has 0 fully saturated rings. The third-order valence-corrected chi connectivity index (χ3v) is 2.41. The first-order valence-electron chi connectivity index (χ1n) is 5.15. The van der Waals surface area contributed by atoms with Crippen LogP contribution in [0.2, 0.25) is 0 Å². The Balaban J connectivity index is 1.92. The summed E-state index contributed by atoms with van der Waals surface area (Å²) in [5, 5.41) is 2.78. The second-order valence-corrected chi connectivity index (χ2v) is 3.61. The Hall–Kier alpha value is -1.90.